The first-order chi connectivity index (χ1) is 16.1. The number of fused-ring (bicyclic) bond motifs is 1. The van der Waals surface area contributed by atoms with Crippen LogP contribution in [0.25, 0.3) is 16.8 Å². The third kappa shape index (κ3) is 3.87. The Balaban J connectivity index is 1.57. The molecule has 2 atom stereocenters. The number of hydrogen-bond donors (Lipinski definition) is 2. The van der Waals surface area contributed by atoms with Gasteiger partial charge in [0.2, 0.25) is 5.82 Å². The second-order valence-corrected chi connectivity index (χ2v) is 7.79. The summed E-state index contributed by atoms with van der Waals surface area (Å²) in [4.78, 5) is 8.60. The molecule has 33 heavy (non-hydrogen) atoms. The molecule has 0 aliphatic carbocycles. The fraction of sp³-hybridized carbons (Fsp3) is 0.261. The molecule has 170 valence electrons. The number of para-hydroxylation sites is 1. The van der Waals surface area contributed by atoms with Crippen LogP contribution in [0.4, 0.5) is 14.6 Å². The van der Waals surface area contributed by atoms with E-state index in [9.17, 15) is 9.50 Å². The third-order valence-corrected chi connectivity index (χ3v) is 5.70. The van der Waals surface area contributed by atoms with Crippen molar-refractivity contribution in [3.8, 4) is 22.8 Å². The summed E-state index contributed by atoms with van der Waals surface area (Å²) in [6.45, 7) is 0.256. The number of benzene rings is 2. The third-order valence-electron chi connectivity index (χ3n) is 5.70. The van der Waals surface area contributed by atoms with E-state index in [0.29, 0.717) is 31.0 Å². The van der Waals surface area contributed by atoms with E-state index in [2.05, 4.69) is 15.1 Å². The number of aliphatic hydroxyl groups excluding tert-OH is 1. The van der Waals surface area contributed by atoms with Crippen LogP contribution in [-0.2, 0) is 4.74 Å². The summed E-state index contributed by atoms with van der Waals surface area (Å²) in [5.41, 5.74) is 6.42. The van der Waals surface area contributed by atoms with Gasteiger partial charge in [-0.25, -0.2) is 18.9 Å². The summed E-state index contributed by atoms with van der Waals surface area (Å²) in [7, 11) is 0. The Labute approximate surface area is 187 Å². The van der Waals surface area contributed by atoms with Gasteiger partial charge >= 0.3 is 0 Å². The summed E-state index contributed by atoms with van der Waals surface area (Å²) in [6, 6.07) is 11.3. The van der Waals surface area contributed by atoms with Crippen molar-refractivity contribution in [2.24, 2.45) is 0 Å². The summed E-state index contributed by atoms with van der Waals surface area (Å²) in [6.07, 6.45) is 2.38. The van der Waals surface area contributed by atoms with Gasteiger partial charge in [-0.15, -0.1) is 0 Å². The molecule has 3 N–H and O–H groups in total. The minimum atomic E-state index is -1.14. The van der Waals surface area contributed by atoms with Crippen molar-refractivity contribution in [2.45, 2.75) is 24.9 Å². The fourth-order valence-corrected chi connectivity index (χ4v) is 3.99. The molecule has 3 heterocycles. The van der Waals surface area contributed by atoms with Crippen molar-refractivity contribution in [1.29, 1.82) is 0 Å². The number of ether oxygens (including phenoxy) is 2. The maximum atomic E-state index is 15.2. The number of nitrogens with two attached hydrogens (primary N) is 1. The van der Waals surface area contributed by atoms with Crippen LogP contribution in [0, 0.1) is 11.6 Å². The second-order valence-electron chi connectivity index (χ2n) is 7.79. The molecule has 8 nitrogen and oxygen atoms in total. The number of rotatable bonds is 5. The number of anilines is 1. The van der Waals surface area contributed by atoms with E-state index in [-0.39, 0.29) is 47.0 Å². The number of aromatic nitrogens is 4. The van der Waals surface area contributed by atoms with Crippen LogP contribution in [0.15, 0.2) is 48.8 Å². The number of imidazole rings is 1. The number of aliphatic hydroxyl groups is 1. The first-order valence-corrected chi connectivity index (χ1v) is 10.5. The van der Waals surface area contributed by atoms with Crippen LogP contribution in [-0.4, -0.2) is 44.0 Å². The maximum Gasteiger partial charge on any atom is 0.201 e. The first kappa shape index (κ1) is 21.2. The van der Waals surface area contributed by atoms with E-state index >= 15 is 4.39 Å². The molecule has 10 heteroatoms. The molecule has 4 aromatic rings. The molecular weight excluding hydrogens is 432 g/mol. The zero-order chi connectivity index (χ0) is 22.9. The van der Waals surface area contributed by atoms with Crippen LogP contribution in [0.5, 0.6) is 11.5 Å². The lowest BCUT2D eigenvalue weighted by Gasteiger charge is -2.26. The first-order valence-electron chi connectivity index (χ1n) is 10.5. The Morgan fingerprint density at radius 1 is 1.12 bits per heavy atom. The Hall–Kier alpha value is -3.63. The molecule has 1 fully saturated rings. The van der Waals surface area contributed by atoms with Crippen LogP contribution in [0.1, 0.15) is 24.6 Å². The maximum absolute atomic E-state index is 15.2. The van der Waals surface area contributed by atoms with Gasteiger partial charge in [0.1, 0.15) is 29.1 Å². The molecule has 0 radical (unpaired) electrons. The normalized spacial score (nSPS) is 18.5. The van der Waals surface area contributed by atoms with E-state index in [0.717, 1.165) is 0 Å². The van der Waals surface area contributed by atoms with E-state index in [1.54, 1.807) is 30.3 Å². The van der Waals surface area contributed by atoms with Crippen molar-refractivity contribution < 1.29 is 23.4 Å². The largest absolute Gasteiger partial charge is 0.454 e. The smallest absolute Gasteiger partial charge is 0.201 e. The van der Waals surface area contributed by atoms with Gasteiger partial charge in [-0.05, 0) is 37.1 Å². The van der Waals surface area contributed by atoms with Gasteiger partial charge < -0.3 is 20.3 Å². The molecular formula is C23H21F2N5O3. The minimum absolute atomic E-state index is 0.0582. The van der Waals surface area contributed by atoms with Crippen molar-refractivity contribution in [2.75, 3.05) is 18.9 Å². The second kappa shape index (κ2) is 8.72. The molecule has 0 amide bonds. The van der Waals surface area contributed by atoms with Gasteiger partial charge in [0, 0.05) is 11.5 Å². The predicted octanol–water partition coefficient (Wildman–Crippen LogP) is 3.70. The van der Waals surface area contributed by atoms with Crippen LogP contribution < -0.4 is 10.5 Å². The molecule has 5 rings (SSSR count). The van der Waals surface area contributed by atoms with Gasteiger partial charge in [0.15, 0.2) is 17.4 Å². The number of hydrogen-bond acceptors (Lipinski definition) is 7. The molecule has 1 aliphatic rings. The van der Waals surface area contributed by atoms with Crippen molar-refractivity contribution in [1.82, 2.24) is 19.6 Å². The Bertz CT molecular complexity index is 1290. The molecule has 2 aromatic heterocycles. The van der Waals surface area contributed by atoms with Crippen LogP contribution in [0.2, 0.25) is 0 Å². The Morgan fingerprint density at radius 2 is 1.94 bits per heavy atom. The monoisotopic (exact) mass is 453 g/mol. The van der Waals surface area contributed by atoms with Crippen LogP contribution in [0.3, 0.4) is 0 Å². The molecule has 0 bridgehead atoms. The SMILES string of the molecule is Nc1ncnn2c([C@@H]3CC[C@H](CO)OC3)nc(-c3ccc(Oc4ccccc4)c(F)c3F)c12. The molecule has 1 aliphatic heterocycles. The highest BCUT2D eigenvalue weighted by atomic mass is 19.2. The highest BCUT2D eigenvalue weighted by Crippen LogP contribution is 2.37. The molecule has 1 saturated heterocycles. The lowest BCUT2D eigenvalue weighted by atomic mass is 9.98. The summed E-state index contributed by atoms with van der Waals surface area (Å²) >= 11 is 0. The van der Waals surface area contributed by atoms with Crippen molar-refractivity contribution >= 4 is 11.3 Å². The van der Waals surface area contributed by atoms with Crippen molar-refractivity contribution in [3.05, 3.63) is 66.3 Å². The molecule has 0 spiro atoms. The number of halogens is 2. The number of nitrogen functional groups attached to an aromatic ring is 1. The van der Waals surface area contributed by atoms with E-state index in [1.165, 1.54) is 23.0 Å². The van der Waals surface area contributed by atoms with Gasteiger partial charge in [-0.2, -0.15) is 9.49 Å². The highest BCUT2D eigenvalue weighted by Gasteiger charge is 2.30. The Morgan fingerprint density at radius 3 is 2.67 bits per heavy atom. The molecule has 2 aromatic carbocycles. The summed E-state index contributed by atoms with van der Waals surface area (Å²) < 4.78 is 42.8. The lowest BCUT2D eigenvalue weighted by molar-refractivity contribution is -0.0284. The molecule has 0 unspecified atom stereocenters. The summed E-state index contributed by atoms with van der Waals surface area (Å²) in [5.74, 6) is -1.67. The quantitative estimate of drug-likeness (QED) is 0.474. The summed E-state index contributed by atoms with van der Waals surface area (Å²) in [5, 5.41) is 13.6. The zero-order valence-corrected chi connectivity index (χ0v) is 17.5. The van der Waals surface area contributed by atoms with E-state index < -0.39 is 11.6 Å². The average Bonchev–Trinajstić information content (AvgIpc) is 3.24. The highest BCUT2D eigenvalue weighted by molar-refractivity contribution is 5.85. The lowest BCUT2D eigenvalue weighted by Crippen LogP contribution is -2.28. The minimum Gasteiger partial charge on any atom is -0.454 e. The van der Waals surface area contributed by atoms with Gasteiger partial charge in [-0.1, -0.05) is 18.2 Å². The fourth-order valence-electron chi connectivity index (χ4n) is 3.99. The van der Waals surface area contributed by atoms with Gasteiger partial charge in [-0.3, -0.25) is 0 Å². The van der Waals surface area contributed by atoms with Gasteiger partial charge in [0.25, 0.3) is 0 Å². The standard InChI is InChI=1S/C23H21F2N5O3/c24-18-16(8-9-17(19(18)25)33-14-4-2-1-3-5-14)20-21-22(26)27-12-28-30(21)23(29-20)13-6-7-15(10-31)32-11-13/h1-5,8-9,12-13,15,31H,6-7,10-11H2,(H2,26,27,28)/t13-,15-/m1/s1. The zero-order valence-electron chi connectivity index (χ0n) is 17.5. The number of nitrogens with zero attached hydrogens (tertiary/aromatic N) is 4. The van der Waals surface area contributed by atoms with Crippen LogP contribution >= 0.6 is 0 Å². The van der Waals surface area contributed by atoms with Gasteiger partial charge in [0.05, 0.1) is 19.3 Å². The molecule has 0 saturated carbocycles. The van der Waals surface area contributed by atoms with Crippen molar-refractivity contribution in [3.63, 3.8) is 0 Å². The topological polar surface area (TPSA) is 108 Å². The average molecular weight is 453 g/mol. The van der Waals surface area contributed by atoms with E-state index in [4.69, 9.17) is 15.2 Å². The van der Waals surface area contributed by atoms with E-state index in [1.807, 2.05) is 0 Å². The Kier molecular flexibility index (Phi) is 5.61. The predicted molar refractivity (Wildman–Crippen MR) is 116 cm³/mol.